The predicted molar refractivity (Wildman–Crippen MR) is 93.4 cm³/mol. The SMILES string of the molecule is Cc1ccc(-c2cc(C(=O)N3CCN(CCn4cncn4)CC3)n[nH]2)o1. The Morgan fingerprint density at radius 3 is 2.77 bits per heavy atom. The van der Waals surface area contributed by atoms with Crippen LogP contribution in [0.4, 0.5) is 0 Å². The van der Waals surface area contributed by atoms with Gasteiger partial charge < -0.3 is 9.32 Å². The summed E-state index contributed by atoms with van der Waals surface area (Å²) in [6.45, 7) is 6.66. The Morgan fingerprint density at radius 1 is 1.23 bits per heavy atom. The number of aromatic nitrogens is 5. The minimum absolute atomic E-state index is 0.0493. The summed E-state index contributed by atoms with van der Waals surface area (Å²) in [6, 6.07) is 5.50. The quantitative estimate of drug-likeness (QED) is 0.734. The summed E-state index contributed by atoms with van der Waals surface area (Å²) in [5.41, 5.74) is 1.14. The third-order valence-corrected chi connectivity index (χ3v) is 4.57. The van der Waals surface area contributed by atoms with Crippen LogP contribution >= 0.6 is 0 Å². The molecule has 0 spiro atoms. The van der Waals surface area contributed by atoms with E-state index in [-0.39, 0.29) is 5.91 Å². The van der Waals surface area contributed by atoms with E-state index in [0.29, 0.717) is 30.2 Å². The lowest BCUT2D eigenvalue weighted by Gasteiger charge is -2.34. The zero-order valence-electron chi connectivity index (χ0n) is 14.6. The zero-order valence-corrected chi connectivity index (χ0v) is 14.6. The van der Waals surface area contributed by atoms with E-state index in [4.69, 9.17) is 4.42 Å². The second kappa shape index (κ2) is 7.12. The molecule has 3 aromatic rings. The lowest BCUT2D eigenvalue weighted by atomic mass is 10.2. The molecule has 1 saturated heterocycles. The van der Waals surface area contributed by atoms with Gasteiger partial charge in [0.1, 0.15) is 24.1 Å². The number of furan rings is 1. The van der Waals surface area contributed by atoms with Gasteiger partial charge in [0.25, 0.3) is 5.91 Å². The number of rotatable bonds is 5. The fourth-order valence-corrected chi connectivity index (χ4v) is 3.07. The number of piperazine rings is 1. The average molecular weight is 355 g/mol. The zero-order chi connectivity index (χ0) is 17.9. The fourth-order valence-electron chi connectivity index (χ4n) is 3.07. The summed E-state index contributed by atoms with van der Waals surface area (Å²) < 4.78 is 7.38. The van der Waals surface area contributed by atoms with E-state index in [1.54, 1.807) is 18.7 Å². The van der Waals surface area contributed by atoms with Gasteiger partial charge >= 0.3 is 0 Å². The van der Waals surface area contributed by atoms with E-state index in [0.717, 1.165) is 31.9 Å². The van der Waals surface area contributed by atoms with Gasteiger partial charge in [-0.3, -0.25) is 19.5 Å². The Labute approximate surface area is 150 Å². The Bertz CT molecular complexity index is 859. The molecule has 0 aliphatic carbocycles. The molecule has 0 atom stereocenters. The summed E-state index contributed by atoms with van der Waals surface area (Å²) >= 11 is 0. The molecule has 4 rings (SSSR count). The van der Waals surface area contributed by atoms with Gasteiger partial charge in [-0.2, -0.15) is 10.2 Å². The van der Waals surface area contributed by atoms with Crippen molar-refractivity contribution in [2.45, 2.75) is 13.5 Å². The Hall–Kier alpha value is -2.94. The van der Waals surface area contributed by atoms with Crippen LogP contribution in [0.15, 0.2) is 35.3 Å². The minimum Gasteiger partial charge on any atom is -0.460 e. The van der Waals surface area contributed by atoms with Crippen LogP contribution in [0.25, 0.3) is 11.5 Å². The summed E-state index contributed by atoms with van der Waals surface area (Å²) in [6.07, 6.45) is 3.26. The molecule has 1 aliphatic heterocycles. The van der Waals surface area contributed by atoms with Crippen molar-refractivity contribution in [2.75, 3.05) is 32.7 Å². The van der Waals surface area contributed by atoms with Crippen LogP contribution in [-0.4, -0.2) is 73.4 Å². The van der Waals surface area contributed by atoms with E-state index in [9.17, 15) is 4.79 Å². The molecule has 136 valence electrons. The number of amides is 1. The number of hydrogen-bond acceptors (Lipinski definition) is 6. The van der Waals surface area contributed by atoms with Gasteiger partial charge in [0.15, 0.2) is 11.5 Å². The van der Waals surface area contributed by atoms with E-state index in [1.807, 2.05) is 28.6 Å². The van der Waals surface area contributed by atoms with Gasteiger partial charge in [-0.15, -0.1) is 0 Å². The highest BCUT2D eigenvalue weighted by Gasteiger charge is 2.24. The fraction of sp³-hybridized carbons (Fsp3) is 0.412. The molecule has 9 nitrogen and oxygen atoms in total. The number of nitrogens with one attached hydrogen (secondary N) is 1. The molecule has 0 aromatic carbocycles. The minimum atomic E-state index is -0.0493. The third kappa shape index (κ3) is 3.52. The molecule has 3 aromatic heterocycles. The van der Waals surface area contributed by atoms with Crippen molar-refractivity contribution in [3.63, 3.8) is 0 Å². The molecule has 4 heterocycles. The molecule has 9 heteroatoms. The lowest BCUT2D eigenvalue weighted by molar-refractivity contribution is 0.0626. The van der Waals surface area contributed by atoms with E-state index < -0.39 is 0 Å². The summed E-state index contributed by atoms with van der Waals surface area (Å²) in [5, 5.41) is 11.1. The van der Waals surface area contributed by atoms with Gasteiger partial charge in [0.05, 0.1) is 6.54 Å². The molecule has 0 unspecified atom stereocenters. The largest absolute Gasteiger partial charge is 0.460 e. The van der Waals surface area contributed by atoms with Crippen molar-refractivity contribution in [2.24, 2.45) is 0 Å². The van der Waals surface area contributed by atoms with Gasteiger partial charge in [0, 0.05) is 38.8 Å². The topological polar surface area (TPSA) is 96.1 Å². The molecule has 1 aliphatic rings. The smallest absolute Gasteiger partial charge is 0.274 e. The molecule has 1 amide bonds. The summed E-state index contributed by atoms with van der Waals surface area (Å²) in [5.74, 6) is 1.46. The van der Waals surface area contributed by atoms with Crippen LogP contribution in [0.5, 0.6) is 0 Å². The number of nitrogens with zero attached hydrogens (tertiary/aromatic N) is 6. The van der Waals surface area contributed by atoms with E-state index >= 15 is 0 Å². The van der Waals surface area contributed by atoms with Crippen LogP contribution in [0.2, 0.25) is 0 Å². The van der Waals surface area contributed by atoms with Gasteiger partial charge in [-0.25, -0.2) is 4.98 Å². The first kappa shape index (κ1) is 16.5. The van der Waals surface area contributed by atoms with Crippen LogP contribution in [0.1, 0.15) is 16.2 Å². The first-order valence-corrected chi connectivity index (χ1v) is 8.65. The number of carbonyl (C=O) groups excluding carboxylic acids is 1. The Kier molecular flexibility index (Phi) is 4.53. The number of H-pyrrole nitrogens is 1. The molecular formula is C17H21N7O2. The highest BCUT2D eigenvalue weighted by molar-refractivity contribution is 5.93. The monoisotopic (exact) mass is 355 g/mol. The predicted octanol–water partition coefficient (Wildman–Crippen LogP) is 1.03. The van der Waals surface area contributed by atoms with Crippen molar-refractivity contribution in [1.82, 2.24) is 34.8 Å². The van der Waals surface area contributed by atoms with Crippen molar-refractivity contribution >= 4 is 5.91 Å². The molecule has 0 saturated carbocycles. The van der Waals surface area contributed by atoms with Crippen molar-refractivity contribution in [3.8, 4) is 11.5 Å². The highest BCUT2D eigenvalue weighted by atomic mass is 16.3. The molecule has 1 N–H and O–H groups in total. The number of aromatic amines is 1. The van der Waals surface area contributed by atoms with E-state index in [2.05, 4.69) is 25.2 Å². The van der Waals surface area contributed by atoms with Gasteiger partial charge in [-0.1, -0.05) is 0 Å². The van der Waals surface area contributed by atoms with Crippen molar-refractivity contribution in [1.29, 1.82) is 0 Å². The first-order valence-electron chi connectivity index (χ1n) is 8.65. The first-order chi connectivity index (χ1) is 12.7. The van der Waals surface area contributed by atoms with Crippen LogP contribution in [0, 0.1) is 6.92 Å². The standard InChI is InChI=1S/C17H21N7O2/c1-13-2-3-16(26-13)14-10-15(21-20-14)17(25)23-7-4-22(5-8-23)6-9-24-12-18-11-19-24/h2-3,10-12H,4-9H2,1H3,(H,20,21). The number of aryl methyl sites for hydroxylation is 1. The summed E-state index contributed by atoms with van der Waals surface area (Å²) in [7, 11) is 0. The molecule has 0 radical (unpaired) electrons. The third-order valence-electron chi connectivity index (χ3n) is 4.57. The average Bonchev–Trinajstić information content (AvgIpc) is 3.41. The Morgan fingerprint density at radius 2 is 2.08 bits per heavy atom. The number of hydrogen-bond donors (Lipinski definition) is 1. The van der Waals surface area contributed by atoms with Gasteiger partial charge in [0.2, 0.25) is 0 Å². The van der Waals surface area contributed by atoms with E-state index in [1.165, 1.54) is 0 Å². The molecule has 1 fully saturated rings. The van der Waals surface area contributed by atoms with Crippen molar-refractivity contribution in [3.05, 3.63) is 42.3 Å². The van der Waals surface area contributed by atoms with Crippen molar-refractivity contribution < 1.29 is 9.21 Å². The maximum absolute atomic E-state index is 12.7. The molecule has 26 heavy (non-hydrogen) atoms. The summed E-state index contributed by atoms with van der Waals surface area (Å²) in [4.78, 5) is 20.8. The highest BCUT2D eigenvalue weighted by Crippen LogP contribution is 2.21. The maximum Gasteiger partial charge on any atom is 0.274 e. The van der Waals surface area contributed by atoms with Crippen LogP contribution in [-0.2, 0) is 6.54 Å². The van der Waals surface area contributed by atoms with Gasteiger partial charge in [-0.05, 0) is 19.1 Å². The maximum atomic E-state index is 12.7. The normalized spacial score (nSPS) is 15.5. The number of carbonyl (C=O) groups is 1. The molecule has 0 bridgehead atoms. The van der Waals surface area contributed by atoms with Crippen LogP contribution in [0.3, 0.4) is 0 Å². The van der Waals surface area contributed by atoms with Crippen LogP contribution < -0.4 is 0 Å². The lowest BCUT2D eigenvalue weighted by Crippen LogP contribution is -2.49. The Balaban J connectivity index is 1.31. The second-order valence-corrected chi connectivity index (χ2v) is 6.37. The second-order valence-electron chi connectivity index (χ2n) is 6.37. The molecular weight excluding hydrogens is 334 g/mol.